The number of halogens is 1. The SMILES string of the molecule is O=C(CN1C(=O)N[C@]2(CCc3ccccc32)C1=O)NCc1ccc(F)cc1. The van der Waals surface area contributed by atoms with Crippen LogP contribution in [0.2, 0.25) is 0 Å². The minimum absolute atomic E-state index is 0.191. The number of carbonyl (C=O) groups excluding carboxylic acids is 3. The van der Waals surface area contributed by atoms with Crippen molar-refractivity contribution in [2.75, 3.05) is 6.54 Å². The van der Waals surface area contributed by atoms with E-state index in [9.17, 15) is 18.8 Å². The predicted molar refractivity (Wildman–Crippen MR) is 94.9 cm³/mol. The zero-order valence-corrected chi connectivity index (χ0v) is 14.5. The molecular formula is C20H18FN3O3. The standard InChI is InChI=1S/C20H18FN3O3/c21-15-7-5-13(6-8-15)11-22-17(25)12-24-18(26)20(23-19(24)27)10-9-14-3-1-2-4-16(14)20/h1-8H,9-12H2,(H,22,25)(H,23,27)/t20-/m0/s1. The molecular weight excluding hydrogens is 349 g/mol. The van der Waals surface area contributed by atoms with Crippen molar-refractivity contribution in [3.63, 3.8) is 0 Å². The van der Waals surface area contributed by atoms with E-state index >= 15 is 0 Å². The van der Waals surface area contributed by atoms with Crippen LogP contribution in [0.25, 0.3) is 0 Å². The molecule has 2 aromatic rings. The summed E-state index contributed by atoms with van der Waals surface area (Å²) in [5.41, 5.74) is 1.50. The van der Waals surface area contributed by atoms with E-state index in [2.05, 4.69) is 10.6 Å². The van der Waals surface area contributed by atoms with Gasteiger partial charge in [-0.1, -0.05) is 36.4 Å². The molecule has 2 aliphatic rings. The minimum atomic E-state index is -1.06. The molecule has 4 amide bonds. The second-order valence-corrected chi connectivity index (χ2v) is 6.79. The normalized spacial score (nSPS) is 20.7. The van der Waals surface area contributed by atoms with Crippen molar-refractivity contribution in [3.05, 3.63) is 71.0 Å². The van der Waals surface area contributed by atoms with Gasteiger partial charge in [0.2, 0.25) is 5.91 Å². The van der Waals surface area contributed by atoms with Crippen molar-refractivity contribution in [2.24, 2.45) is 0 Å². The summed E-state index contributed by atoms with van der Waals surface area (Å²) in [7, 11) is 0. The van der Waals surface area contributed by atoms with E-state index in [4.69, 9.17) is 0 Å². The highest BCUT2D eigenvalue weighted by Crippen LogP contribution is 2.41. The Hall–Kier alpha value is -3.22. The van der Waals surface area contributed by atoms with Gasteiger partial charge in [0.05, 0.1) is 0 Å². The van der Waals surface area contributed by atoms with Crippen LogP contribution in [0, 0.1) is 5.82 Å². The number of fused-ring (bicyclic) bond motifs is 2. The molecule has 1 aliphatic heterocycles. The van der Waals surface area contributed by atoms with Crippen LogP contribution < -0.4 is 10.6 Å². The maximum atomic E-state index is 13.0. The predicted octanol–water partition coefficient (Wildman–Crippen LogP) is 1.84. The molecule has 1 heterocycles. The van der Waals surface area contributed by atoms with E-state index < -0.39 is 23.4 Å². The summed E-state index contributed by atoms with van der Waals surface area (Å²) in [4.78, 5) is 38.5. The molecule has 27 heavy (non-hydrogen) atoms. The van der Waals surface area contributed by atoms with E-state index in [1.807, 2.05) is 24.3 Å². The Morgan fingerprint density at radius 3 is 2.67 bits per heavy atom. The van der Waals surface area contributed by atoms with Gasteiger partial charge < -0.3 is 10.6 Å². The molecule has 2 aromatic carbocycles. The largest absolute Gasteiger partial charge is 0.350 e. The molecule has 138 valence electrons. The number of imide groups is 1. The first-order chi connectivity index (χ1) is 13.0. The van der Waals surface area contributed by atoms with E-state index in [0.29, 0.717) is 12.8 Å². The van der Waals surface area contributed by atoms with Crippen molar-refractivity contribution in [1.82, 2.24) is 15.5 Å². The maximum Gasteiger partial charge on any atom is 0.325 e. The second-order valence-electron chi connectivity index (χ2n) is 6.79. The van der Waals surface area contributed by atoms with Crippen LogP contribution in [-0.4, -0.2) is 29.3 Å². The monoisotopic (exact) mass is 367 g/mol. The third kappa shape index (κ3) is 2.95. The van der Waals surface area contributed by atoms with Crippen LogP contribution >= 0.6 is 0 Å². The van der Waals surface area contributed by atoms with Gasteiger partial charge in [-0.3, -0.25) is 14.5 Å². The first-order valence-electron chi connectivity index (χ1n) is 8.73. The molecule has 1 spiro atoms. The van der Waals surface area contributed by atoms with E-state index in [1.54, 1.807) is 12.1 Å². The smallest absolute Gasteiger partial charge is 0.325 e. The summed E-state index contributed by atoms with van der Waals surface area (Å²) in [6.45, 7) is -0.160. The number of aryl methyl sites for hydroxylation is 1. The Labute approximate surface area is 155 Å². The molecule has 0 saturated carbocycles. The lowest BCUT2D eigenvalue weighted by Gasteiger charge is -2.22. The summed E-state index contributed by atoms with van der Waals surface area (Å²) in [6, 6.07) is 12.7. The Kier molecular flexibility index (Phi) is 4.14. The molecule has 7 heteroatoms. The highest BCUT2D eigenvalue weighted by molar-refractivity contribution is 6.09. The Balaban J connectivity index is 1.44. The lowest BCUT2D eigenvalue weighted by Crippen LogP contribution is -2.43. The van der Waals surface area contributed by atoms with E-state index in [0.717, 1.165) is 21.6 Å². The summed E-state index contributed by atoms with van der Waals surface area (Å²) < 4.78 is 12.9. The second kappa shape index (κ2) is 6.50. The fraction of sp³-hybridized carbons (Fsp3) is 0.250. The summed E-state index contributed by atoms with van der Waals surface area (Å²) in [5, 5.41) is 5.44. The first-order valence-corrected chi connectivity index (χ1v) is 8.73. The number of carbonyl (C=O) groups is 3. The van der Waals surface area contributed by atoms with Gasteiger partial charge in [0.15, 0.2) is 0 Å². The molecule has 6 nitrogen and oxygen atoms in total. The minimum Gasteiger partial charge on any atom is -0.350 e. The van der Waals surface area contributed by atoms with Crippen molar-refractivity contribution < 1.29 is 18.8 Å². The van der Waals surface area contributed by atoms with Gasteiger partial charge in [0, 0.05) is 6.54 Å². The van der Waals surface area contributed by atoms with Crippen LogP contribution in [0.3, 0.4) is 0 Å². The van der Waals surface area contributed by atoms with Crippen molar-refractivity contribution in [1.29, 1.82) is 0 Å². The number of amides is 4. The van der Waals surface area contributed by atoms with Crippen LogP contribution in [0.5, 0.6) is 0 Å². The van der Waals surface area contributed by atoms with Gasteiger partial charge in [-0.05, 0) is 41.7 Å². The highest BCUT2D eigenvalue weighted by atomic mass is 19.1. The lowest BCUT2D eigenvalue weighted by molar-refractivity contribution is -0.135. The number of rotatable bonds is 4. The quantitative estimate of drug-likeness (QED) is 0.810. The fourth-order valence-corrected chi connectivity index (χ4v) is 3.74. The van der Waals surface area contributed by atoms with Crippen LogP contribution in [0.1, 0.15) is 23.1 Å². The maximum absolute atomic E-state index is 13.0. The van der Waals surface area contributed by atoms with E-state index in [-0.39, 0.29) is 18.9 Å². The van der Waals surface area contributed by atoms with Gasteiger partial charge in [-0.25, -0.2) is 9.18 Å². The van der Waals surface area contributed by atoms with Gasteiger partial charge in [0.25, 0.3) is 5.91 Å². The molecule has 2 N–H and O–H groups in total. The van der Waals surface area contributed by atoms with Crippen LogP contribution in [-0.2, 0) is 28.1 Å². The summed E-state index contributed by atoms with van der Waals surface area (Å²) in [6.07, 6.45) is 1.19. The van der Waals surface area contributed by atoms with Crippen LogP contribution in [0.15, 0.2) is 48.5 Å². The number of hydrogen-bond acceptors (Lipinski definition) is 3. The zero-order valence-electron chi connectivity index (χ0n) is 14.5. The van der Waals surface area contributed by atoms with Crippen LogP contribution in [0.4, 0.5) is 9.18 Å². The number of nitrogens with one attached hydrogen (secondary N) is 2. The molecule has 1 atom stereocenters. The number of hydrogen-bond donors (Lipinski definition) is 2. The van der Waals surface area contributed by atoms with E-state index in [1.165, 1.54) is 12.1 Å². The topological polar surface area (TPSA) is 78.5 Å². The Morgan fingerprint density at radius 1 is 1.15 bits per heavy atom. The Morgan fingerprint density at radius 2 is 1.89 bits per heavy atom. The molecule has 4 rings (SSSR count). The first kappa shape index (κ1) is 17.2. The van der Waals surface area contributed by atoms with Gasteiger partial charge in [-0.2, -0.15) is 0 Å². The molecule has 0 radical (unpaired) electrons. The van der Waals surface area contributed by atoms with Gasteiger partial charge in [-0.15, -0.1) is 0 Å². The number of benzene rings is 2. The molecule has 1 aliphatic carbocycles. The molecule has 0 aromatic heterocycles. The summed E-state index contributed by atoms with van der Waals surface area (Å²) in [5.74, 6) is -1.20. The summed E-state index contributed by atoms with van der Waals surface area (Å²) >= 11 is 0. The molecule has 0 bridgehead atoms. The molecule has 1 fully saturated rings. The van der Waals surface area contributed by atoms with Crippen molar-refractivity contribution in [3.8, 4) is 0 Å². The average Bonchev–Trinajstić information content (AvgIpc) is 3.15. The molecule has 0 unspecified atom stereocenters. The average molecular weight is 367 g/mol. The highest BCUT2D eigenvalue weighted by Gasteiger charge is 2.55. The lowest BCUT2D eigenvalue weighted by atomic mass is 9.92. The Bertz CT molecular complexity index is 928. The van der Waals surface area contributed by atoms with Gasteiger partial charge >= 0.3 is 6.03 Å². The number of nitrogens with zero attached hydrogens (tertiary/aromatic N) is 1. The van der Waals surface area contributed by atoms with Crippen molar-refractivity contribution >= 4 is 17.8 Å². The molecule has 1 saturated heterocycles. The third-order valence-electron chi connectivity index (χ3n) is 5.13. The third-order valence-corrected chi connectivity index (χ3v) is 5.13. The fourth-order valence-electron chi connectivity index (χ4n) is 3.74. The van der Waals surface area contributed by atoms with Crippen molar-refractivity contribution in [2.45, 2.75) is 24.9 Å². The number of urea groups is 1. The van der Waals surface area contributed by atoms with Gasteiger partial charge in [0.1, 0.15) is 17.9 Å². The zero-order chi connectivity index (χ0) is 19.0.